The van der Waals surface area contributed by atoms with Gasteiger partial charge in [-0.05, 0) is 25.3 Å². The molecule has 2 aromatic rings. The number of thiazole rings is 1. The highest BCUT2D eigenvalue weighted by Gasteiger charge is 2.19. The zero-order valence-corrected chi connectivity index (χ0v) is 19.7. The van der Waals surface area contributed by atoms with Crippen LogP contribution in [0.3, 0.4) is 0 Å². The van der Waals surface area contributed by atoms with E-state index in [-0.39, 0.29) is 24.0 Å². The molecule has 0 aromatic carbocycles. The summed E-state index contributed by atoms with van der Waals surface area (Å²) >= 11 is 3.65. The third-order valence-electron chi connectivity index (χ3n) is 4.48. The standard InChI is InChI=1S/C18H27N5S2.HI/c1-14-17(25-15(2)21-14)6-7-20-18(19-3)23-10-8-22(9-11-23)13-16-5-4-12-24-16;/h4-5,12H,6-11,13H2,1-3H3,(H,19,20);1H. The Kier molecular flexibility index (Phi) is 8.78. The molecule has 0 spiro atoms. The first-order valence-electron chi connectivity index (χ1n) is 8.79. The number of hydrogen-bond acceptors (Lipinski definition) is 5. The first-order chi connectivity index (χ1) is 12.2. The number of nitrogens with one attached hydrogen (secondary N) is 1. The van der Waals surface area contributed by atoms with Crippen molar-refractivity contribution in [1.82, 2.24) is 20.1 Å². The molecule has 1 fully saturated rings. The van der Waals surface area contributed by atoms with Gasteiger partial charge in [-0.3, -0.25) is 9.89 Å². The van der Waals surface area contributed by atoms with Crippen molar-refractivity contribution in [3.63, 3.8) is 0 Å². The second kappa shape index (κ2) is 10.6. The highest BCUT2D eigenvalue weighted by Crippen LogP contribution is 2.17. The second-order valence-electron chi connectivity index (χ2n) is 6.31. The lowest BCUT2D eigenvalue weighted by Crippen LogP contribution is -2.52. The van der Waals surface area contributed by atoms with Crippen LogP contribution in [-0.4, -0.2) is 60.5 Å². The Hall–Kier alpha value is -0.710. The van der Waals surface area contributed by atoms with E-state index in [1.165, 1.54) is 15.4 Å². The highest BCUT2D eigenvalue weighted by atomic mass is 127. The van der Waals surface area contributed by atoms with Gasteiger partial charge >= 0.3 is 0 Å². The van der Waals surface area contributed by atoms with Crippen LogP contribution in [-0.2, 0) is 13.0 Å². The minimum Gasteiger partial charge on any atom is -0.356 e. The van der Waals surface area contributed by atoms with Crippen LogP contribution in [0.15, 0.2) is 22.5 Å². The summed E-state index contributed by atoms with van der Waals surface area (Å²) in [6, 6.07) is 4.36. The Morgan fingerprint density at radius 3 is 2.62 bits per heavy atom. The molecule has 144 valence electrons. The highest BCUT2D eigenvalue weighted by molar-refractivity contribution is 14.0. The summed E-state index contributed by atoms with van der Waals surface area (Å²) in [6.07, 6.45) is 1.01. The fraction of sp³-hybridized carbons (Fsp3) is 0.556. The van der Waals surface area contributed by atoms with E-state index in [0.717, 1.165) is 56.7 Å². The van der Waals surface area contributed by atoms with E-state index in [1.54, 1.807) is 11.3 Å². The number of halogens is 1. The molecule has 2 aromatic heterocycles. The Labute approximate surface area is 181 Å². The average molecular weight is 505 g/mol. The first kappa shape index (κ1) is 21.6. The summed E-state index contributed by atoms with van der Waals surface area (Å²) in [7, 11) is 1.88. The lowest BCUT2D eigenvalue weighted by atomic mass is 10.3. The number of thiophene rings is 1. The summed E-state index contributed by atoms with van der Waals surface area (Å²) in [5.74, 6) is 1.02. The summed E-state index contributed by atoms with van der Waals surface area (Å²) in [4.78, 5) is 16.7. The van der Waals surface area contributed by atoms with Crippen molar-refractivity contribution in [3.05, 3.63) is 38.0 Å². The average Bonchev–Trinajstić information content (AvgIpc) is 3.22. The maximum Gasteiger partial charge on any atom is 0.193 e. The molecule has 0 saturated carbocycles. The van der Waals surface area contributed by atoms with Crippen LogP contribution in [0.25, 0.3) is 0 Å². The van der Waals surface area contributed by atoms with Crippen LogP contribution < -0.4 is 5.32 Å². The topological polar surface area (TPSA) is 43.8 Å². The van der Waals surface area contributed by atoms with Gasteiger partial charge in [-0.25, -0.2) is 4.98 Å². The Morgan fingerprint density at radius 1 is 1.27 bits per heavy atom. The minimum atomic E-state index is 0. The normalized spacial score (nSPS) is 15.8. The fourth-order valence-corrected chi connectivity index (χ4v) is 4.85. The number of guanidine groups is 1. The smallest absolute Gasteiger partial charge is 0.193 e. The molecule has 0 aliphatic carbocycles. The minimum absolute atomic E-state index is 0. The van der Waals surface area contributed by atoms with Gasteiger partial charge in [-0.2, -0.15) is 0 Å². The lowest BCUT2D eigenvalue weighted by Gasteiger charge is -2.36. The van der Waals surface area contributed by atoms with Crippen molar-refractivity contribution in [2.24, 2.45) is 4.99 Å². The molecule has 8 heteroatoms. The molecule has 5 nitrogen and oxygen atoms in total. The number of hydrogen-bond donors (Lipinski definition) is 1. The maximum atomic E-state index is 4.50. The largest absolute Gasteiger partial charge is 0.356 e. The van der Waals surface area contributed by atoms with Gasteiger partial charge < -0.3 is 10.2 Å². The number of rotatable bonds is 5. The van der Waals surface area contributed by atoms with Crippen molar-refractivity contribution in [3.8, 4) is 0 Å². The van der Waals surface area contributed by atoms with Crippen LogP contribution in [0, 0.1) is 13.8 Å². The van der Waals surface area contributed by atoms with Crippen LogP contribution in [0.1, 0.15) is 20.5 Å². The summed E-state index contributed by atoms with van der Waals surface area (Å²) in [5, 5.41) is 6.83. The number of aryl methyl sites for hydroxylation is 2. The lowest BCUT2D eigenvalue weighted by molar-refractivity contribution is 0.174. The van der Waals surface area contributed by atoms with E-state index in [0.29, 0.717) is 0 Å². The molecular weight excluding hydrogens is 477 g/mol. The molecule has 0 unspecified atom stereocenters. The molecule has 26 heavy (non-hydrogen) atoms. The zero-order chi connectivity index (χ0) is 17.6. The summed E-state index contributed by atoms with van der Waals surface area (Å²) in [6.45, 7) is 10.4. The van der Waals surface area contributed by atoms with E-state index in [1.807, 2.05) is 18.4 Å². The molecule has 0 amide bonds. The SMILES string of the molecule is CN=C(NCCc1sc(C)nc1C)N1CCN(Cc2cccs2)CC1.I. The molecule has 1 aliphatic rings. The van der Waals surface area contributed by atoms with E-state index < -0.39 is 0 Å². The van der Waals surface area contributed by atoms with E-state index in [9.17, 15) is 0 Å². The van der Waals surface area contributed by atoms with E-state index >= 15 is 0 Å². The maximum absolute atomic E-state index is 4.50. The molecule has 1 N–H and O–H groups in total. The predicted molar refractivity (Wildman–Crippen MR) is 123 cm³/mol. The van der Waals surface area contributed by atoms with Gasteiger partial charge in [0.2, 0.25) is 0 Å². The fourth-order valence-electron chi connectivity index (χ4n) is 3.17. The van der Waals surface area contributed by atoms with Gasteiger partial charge in [0, 0.05) is 62.5 Å². The molecule has 3 rings (SSSR count). The second-order valence-corrected chi connectivity index (χ2v) is 8.63. The summed E-state index contributed by atoms with van der Waals surface area (Å²) in [5.41, 5.74) is 1.17. The number of nitrogens with zero attached hydrogens (tertiary/aromatic N) is 4. The predicted octanol–water partition coefficient (Wildman–Crippen LogP) is 3.38. The number of piperazine rings is 1. The van der Waals surface area contributed by atoms with Crippen LogP contribution >= 0.6 is 46.7 Å². The number of aliphatic imine (C=N–C) groups is 1. The van der Waals surface area contributed by atoms with Gasteiger partial charge in [0.25, 0.3) is 0 Å². The third-order valence-corrected chi connectivity index (χ3v) is 6.47. The van der Waals surface area contributed by atoms with Crippen molar-refractivity contribution < 1.29 is 0 Å². The number of aromatic nitrogens is 1. The van der Waals surface area contributed by atoms with Crippen molar-refractivity contribution >= 4 is 52.6 Å². The zero-order valence-electron chi connectivity index (χ0n) is 15.7. The van der Waals surface area contributed by atoms with Crippen molar-refractivity contribution in [2.75, 3.05) is 39.8 Å². The van der Waals surface area contributed by atoms with Crippen LogP contribution in [0.2, 0.25) is 0 Å². The van der Waals surface area contributed by atoms with Gasteiger partial charge in [0.15, 0.2) is 5.96 Å². The molecular formula is C18H28IN5S2. The van der Waals surface area contributed by atoms with Crippen molar-refractivity contribution in [1.29, 1.82) is 0 Å². The van der Waals surface area contributed by atoms with Crippen LogP contribution in [0.4, 0.5) is 0 Å². The first-order valence-corrected chi connectivity index (χ1v) is 10.5. The monoisotopic (exact) mass is 505 g/mol. The van der Waals surface area contributed by atoms with Gasteiger partial charge in [-0.1, -0.05) is 6.07 Å². The molecule has 1 aliphatic heterocycles. The molecule has 0 atom stereocenters. The van der Waals surface area contributed by atoms with E-state index in [2.05, 4.69) is 56.5 Å². The van der Waals surface area contributed by atoms with Gasteiger partial charge in [-0.15, -0.1) is 46.7 Å². The Bertz CT molecular complexity index is 691. The quantitative estimate of drug-likeness (QED) is 0.385. The Morgan fingerprint density at radius 2 is 2.04 bits per heavy atom. The van der Waals surface area contributed by atoms with Gasteiger partial charge in [0.1, 0.15) is 0 Å². The van der Waals surface area contributed by atoms with Gasteiger partial charge in [0.05, 0.1) is 10.7 Å². The third kappa shape index (κ3) is 5.90. The summed E-state index contributed by atoms with van der Waals surface area (Å²) < 4.78 is 0. The van der Waals surface area contributed by atoms with Crippen LogP contribution in [0.5, 0.6) is 0 Å². The molecule has 0 radical (unpaired) electrons. The molecule has 1 saturated heterocycles. The molecule has 0 bridgehead atoms. The Balaban J connectivity index is 0.00000243. The molecule has 3 heterocycles. The van der Waals surface area contributed by atoms with E-state index in [4.69, 9.17) is 0 Å². The van der Waals surface area contributed by atoms with Crippen molar-refractivity contribution in [2.45, 2.75) is 26.8 Å².